The second-order valence-electron chi connectivity index (χ2n) is 11.4. The van der Waals surface area contributed by atoms with Gasteiger partial charge >= 0.3 is 6.09 Å². The molecule has 3 amide bonds. The molecule has 0 spiro atoms. The lowest BCUT2D eigenvalue weighted by Gasteiger charge is -2.35. The minimum atomic E-state index is -0.947. The summed E-state index contributed by atoms with van der Waals surface area (Å²) in [4.78, 5) is 43.1. The summed E-state index contributed by atoms with van der Waals surface area (Å²) >= 11 is 0. The average Bonchev–Trinajstić information content (AvgIpc) is 2.91. The van der Waals surface area contributed by atoms with Gasteiger partial charge in [-0.1, -0.05) is 73.7 Å². The smallest absolute Gasteiger partial charge is 0.408 e. The lowest BCUT2D eigenvalue weighted by molar-refractivity contribution is -0.140. The van der Waals surface area contributed by atoms with Crippen molar-refractivity contribution in [1.82, 2.24) is 10.2 Å². The summed E-state index contributed by atoms with van der Waals surface area (Å²) in [5.41, 5.74) is 4.45. The highest BCUT2D eigenvalue weighted by Crippen LogP contribution is 2.29. The quantitative estimate of drug-likeness (QED) is 0.292. The highest BCUT2D eigenvalue weighted by molar-refractivity contribution is 5.99. The summed E-state index contributed by atoms with van der Waals surface area (Å²) in [5.74, 6) is -0.669. The van der Waals surface area contributed by atoms with Crippen LogP contribution in [-0.4, -0.2) is 41.0 Å². The predicted octanol–water partition coefficient (Wildman–Crippen LogP) is 6.67. The van der Waals surface area contributed by atoms with Gasteiger partial charge in [0, 0.05) is 18.7 Å². The molecule has 218 valence electrons. The standard InChI is InChI=1S/C34H43N3O4/c1-8-21-37(32(39)29(22-26-17-10-9-11-18-26)36-33(40)41-34(5,6)7)30(27-19-14-16-23(2)25(27)4)31(38)35-28-20-13-12-15-24(28)3/h9-20,29-30H,8,21-22H2,1-7H3,(H,35,38)(H,36,40). The van der Waals surface area contributed by atoms with Crippen molar-refractivity contribution in [3.05, 3.63) is 101 Å². The molecule has 0 aromatic heterocycles. The maximum Gasteiger partial charge on any atom is 0.408 e. The first-order chi connectivity index (χ1) is 19.4. The zero-order valence-electron chi connectivity index (χ0n) is 25.3. The molecule has 3 aromatic rings. The molecule has 2 N–H and O–H groups in total. The Hall–Kier alpha value is -4.13. The number of carbonyl (C=O) groups excluding carboxylic acids is 3. The zero-order valence-corrected chi connectivity index (χ0v) is 25.3. The second kappa shape index (κ2) is 14.0. The van der Waals surface area contributed by atoms with Crippen LogP contribution in [0.4, 0.5) is 10.5 Å². The molecule has 0 aliphatic carbocycles. The van der Waals surface area contributed by atoms with Crippen LogP contribution in [0.2, 0.25) is 0 Å². The molecule has 0 radical (unpaired) electrons. The van der Waals surface area contributed by atoms with E-state index in [9.17, 15) is 14.4 Å². The Morgan fingerprint density at radius 1 is 0.854 bits per heavy atom. The summed E-state index contributed by atoms with van der Waals surface area (Å²) in [6, 6.07) is 21.0. The van der Waals surface area contributed by atoms with Gasteiger partial charge in [0.1, 0.15) is 17.7 Å². The summed E-state index contributed by atoms with van der Waals surface area (Å²) in [7, 11) is 0. The number of rotatable bonds is 10. The van der Waals surface area contributed by atoms with E-state index in [0.29, 0.717) is 18.7 Å². The van der Waals surface area contributed by atoms with Crippen LogP contribution in [0.5, 0.6) is 0 Å². The van der Waals surface area contributed by atoms with Gasteiger partial charge in [0.05, 0.1) is 0 Å². The van der Waals surface area contributed by atoms with E-state index in [0.717, 1.165) is 27.8 Å². The van der Waals surface area contributed by atoms with E-state index in [-0.39, 0.29) is 18.2 Å². The molecule has 0 saturated heterocycles. The highest BCUT2D eigenvalue weighted by atomic mass is 16.6. The minimum absolute atomic E-state index is 0.248. The molecule has 2 unspecified atom stereocenters. The van der Waals surface area contributed by atoms with Crippen LogP contribution in [-0.2, 0) is 20.7 Å². The van der Waals surface area contributed by atoms with Crippen LogP contribution in [0.25, 0.3) is 0 Å². The monoisotopic (exact) mass is 557 g/mol. The summed E-state index contributed by atoms with van der Waals surface area (Å²) in [5, 5.41) is 5.87. The number of benzene rings is 3. The minimum Gasteiger partial charge on any atom is -0.444 e. The van der Waals surface area contributed by atoms with Crippen LogP contribution in [0.3, 0.4) is 0 Å². The molecule has 0 fully saturated rings. The van der Waals surface area contributed by atoms with Crippen LogP contribution < -0.4 is 10.6 Å². The molecule has 0 saturated carbocycles. The molecule has 0 aliphatic rings. The van der Waals surface area contributed by atoms with Gasteiger partial charge in [0.2, 0.25) is 5.91 Å². The van der Waals surface area contributed by atoms with Gasteiger partial charge in [-0.2, -0.15) is 0 Å². The van der Waals surface area contributed by atoms with E-state index in [2.05, 4.69) is 10.6 Å². The number of ether oxygens (including phenoxy) is 1. The van der Waals surface area contributed by atoms with Crippen molar-refractivity contribution in [3.63, 3.8) is 0 Å². The number of amides is 3. The van der Waals surface area contributed by atoms with Crippen molar-refractivity contribution in [2.75, 3.05) is 11.9 Å². The number of alkyl carbamates (subject to hydrolysis) is 1. The maximum absolute atomic E-state index is 14.4. The van der Waals surface area contributed by atoms with Crippen molar-refractivity contribution in [1.29, 1.82) is 0 Å². The van der Waals surface area contributed by atoms with E-state index >= 15 is 0 Å². The van der Waals surface area contributed by atoms with E-state index in [4.69, 9.17) is 4.74 Å². The Bertz CT molecular complexity index is 1350. The van der Waals surface area contributed by atoms with Gasteiger partial charge in [0.15, 0.2) is 0 Å². The molecule has 41 heavy (non-hydrogen) atoms. The van der Waals surface area contributed by atoms with Gasteiger partial charge in [-0.3, -0.25) is 9.59 Å². The van der Waals surface area contributed by atoms with E-state index in [1.54, 1.807) is 25.7 Å². The maximum atomic E-state index is 14.4. The molecule has 7 nitrogen and oxygen atoms in total. The number of hydrogen-bond acceptors (Lipinski definition) is 4. The van der Waals surface area contributed by atoms with Crippen LogP contribution >= 0.6 is 0 Å². The molecule has 0 heterocycles. The lowest BCUT2D eigenvalue weighted by Crippen LogP contribution is -2.53. The Morgan fingerprint density at radius 3 is 2.12 bits per heavy atom. The number of carbonyl (C=O) groups is 3. The summed E-state index contributed by atoms with van der Waals surface area (Å²) < 4.78 is 5.52. The number of aryl methyl sites for hydroxylation is 2. The van der Waals surface area contributed by atoms with E-state index < -0.39 is 23.8 Å². The normalized spacial score (nSPS) is 12.7. The molecule has 0 aliphatic heterocycles. The first-order valence-electron chi connectivity index (χ1n) is 14.2. The number of nitrogens with one attached hydrogen (secondary N) is 2. The van der Waals surface area contributed by atoms with E-state index in [1.165, 1.54) is 0 Å². The first-order valence-corrected chi connectivity index (χ1v) is 14.2. The van der Waals surface area contributed by atoms with Crippen molar-refractivity contribution in [2.45, 2.75) is 79.0 Å². The summed E-state index contributed by atoms with van der Waals surface area (Å²) in [6.45, 7) is 13.5. The number of nitrogens with zero attached hydrogens (tertiary/aromatic N) is 1. The Balaban J connectivity index is 2.08. The van der Waals surface area contributed by atoms with Gasteiger partial charge in [-0.25, -0.2) is 4.79 Å². The molecule has 3 rings (SSSR count). The van der Waals surface area contributed by atoms with Gasteiger partial charge in [0.25, 0.3) is 5.91 Å². The number of hydrogen-bond donors (Lipinski definition) is 2. The van der Waals surface area contributed by atoms with Crippen LogP contribution in [0.1, 0.15) is 68.0 Å². The number of anilines is 1. The van der Waals surface area contributed by atoms with Crippen molar-refractivity contribution < 1.29 is 19.1 Å². The van der Waals surface area contributed by atoms with Crippen molar-refractivity contribution >= 4 is 23.6 Å². The molecule has 7 heteroatoms. The molecule has 0 bridgehead atoms. The molecule has 3 aromatic carbocycles. The fourth-order valence-corrected chi connectivity index (χ4v) is 4.74. The third-order valence-corrected chi connectivity index (χ3v) is 6.92. The summed E-state index contributed by atoms with van der Waals surface area (Å²) in [6.07, 6.45) is 0.184. The van der Waals surface area contributed by atoms with Crippen LogP contribution in [0.15, 0.2) is 72.8 Å². The van der Waals surface area contributed by atoms with Crippen LogP contribution in [0, 0.1) is 20.8 Å². The Morgan fingerprint density at radius 2 is 1.49 bits per heavy atom. The highest BCUT2D eigenvalue weighted by Gasteiger charge is 2.37. The van der Waals surface area contributed by atoms with Gasteiger partial charge < -0.3 is 20.3 Å². The zero-order chi connectivity index (χ0) is 30.2. The Kier molecular flexibility index (Phi) is 10.7. The SMILES string of the molecule is CCCN(C(=O)C(Cc1ccccc1)NC(=O)OC(C)(C)C)C(C(=O)Nc1ccccc1C)c1cccc(C)c1C. The number of para-hydroxylation sites is 1. The topological polar surface area (TPSA) is 87.7 Å². The predicted molar refractivity (Wildman–Crippen MR) is 164 cm³/mol. The first kappa shape index (κ1) is 31.4. The third-order valence-electron chi connectivity index (χ3n) is 6.92. The molecular weight excluding hydrogens is 514 g/mol. The van der Waals surface area contributed by atoms with Crippen molar-refractivity contribution in [3.8, 4) is 0 Å². The third kappa shape index (κ3) is 8.68. The van der Waals surface area contributed by atoms with Gasteiger partial charge in [-0.05, 0) is 81.8 Å². The van der Waals surface area contributed by atoms with E-state index in [1.807, 2.05) is 100 Å². The fourth-order valence-electron chi connectivity index (χ4n) is 4.74. The lowest BCUT2D eigenvalue weighted by atomic mass is 9.94. The van der Waals surface area contributed by atoms with Gasteiger partial charge in [-0.15, -0.1) is 0 Å². The average molecular weight is 558 g/mol. The second-order valence-corrected chi connectivity index (χ2v) is 11.4. The van der Waals surface area contributed by atoms with Crippen molar-refractivity contribution in [2.24, 2.45) is 0 Å². The molecule has 2 atom stereocenters. The fraction of sp³-hybridized carbons (Fsp3) is 0.382. The molecular formula is C34H43N3O4. The Labute approximate surface area is 244 Å². The largest absolute Gasteiger partial charge is 0.444 e.